The van der Waals surface area contributed by atoms with Crippen LogP contribution in [0.1, 0.15) is 41.0 Å². The molecule has 1 fully saturated rings. The molecule has 1 rings (SSSR count). The molecule has 4 heteroatoms. The molecule has 0 heterocycles. The van der Waals surface area contributed by atoms with Crippen molar-refractivity contribution in [1.29, 1.82) is 0 Å². The molecule has 1 amide bonds. The van der Waals surface area contributed by atoms with E-state index in [1.54, 1.807) is 0 Å². The Bertz CT molecular complexity index is 256. The number of nitrogens with two attached hydrogens (primary N) is 1. The van der Waals surface area contributed by atoms with Gasteiger partial charge in [0.15, 0.2) is 0 Å². The highest BCUT2D eigenvalue weighted by atomic mass is 16.6. The van der Waals surface area contributed by atoms with E-state index in [1.807, 2.05) is 20.8 Å². The van der Waals surface area contributed by atoms with Gasteiger partial charge in [0.05, 0.1) is 0 Å². The summed E-state index contributed by atoms with van der Waals surface area (Å²) in [6.45, 7) is 9.67. The number of hydrogen-bond donors (Lipinski definition) is 2. The number of carbonyl (C=O) groups excluding carboxylic acids is 1. The maximum atomic E-state index is 11.5. The van der Waals surface area contributed by atoms with Crippen LogP contribution in [-0.2, 0) is 4.74 Å². The first-order valence-corrected chi connectivity index (χ1v) is 5.38. The van der Waals surface area contributed by atoms with Crippen LogP contribution in [0.3, 0.4) is 0 Å². The highest BCUT2D eigenvalue weighted by molar-refractivity contribution is 5.68. The third-order valence-corrected chi connectivity index (χ3v) is 3.03. The summed E-state index contributed by atoms with van der Waals surface area (Å²) >= 11 is 0. The van der Waals surface area contributed by atoms with Crippen LogP contribution in [0.25, 0.3) is 0 Å². The molecule has 0 bridgehead atoms. The van der Waals surface area contributed by atoms with Crippen molar-refractivity contribution in [3.05, 3.63) is 0 Å². The van der Waals surface area contributed by atoms with Crippen molar-refractivity contribution in [1.82, 2.24) is 5.32 Å². The van der Waals surface area contributed by atoms with E-state index in [1.165, 1.54) is 0 Å². The average Bonchev–Trinajstić information content (AvgIpc) is 2.00. The summed E-state index contributed by atoms with van der Waals surface area (Å²) in [5, 5.41) is 2.85. The van der Waals surface area contributed by atoms with Gasteiger partial charge in [0.1, 0.15) is 5.60 Å². The molecular formula is C11H22N2O2. The SMILES string of the molecule is CC(C)(C)OC(=O)N[C@H]1C[C@@H](N)C1(C)C. The molecule has 88 valence electrons. The van der Waals surface area contributed by atoms with Crippen LogP contribution < -0.4 is 11.1 Å². The van der Waals surface area contributed by atoms with Gasteiger partial charge >= 0.3 is 6.09 Å². The van der Waals surface area contributed by atoms with Gasteiger partial charge in [-0.15, -0.1) is 0 Å². The highest BCUT2D eigenvalue weighted by Crippen LogP contribution is 2.39. The molecular weight excluding hydrogens is 192 g/mol. The number of ether oxygens (including phenoxy) is 1. The second-order valence-electron chi connectivity index (χ2n) is 5.86. The van der Waals surface area contributed by atoms with Gasteiger partial charge in [0.25, 0.3) is 0 Å². The lowest BCUT2D eigenvalue weighted by atomic mass is 9.63. The molecule has 2 atom stereocenters. The first kappa shape index (κ1) is 12.3. The van der Waals surface area contributed by atoms with Crippen LogP contribution in [0.2, 0.25) is 0 Å². The Kier molecular flexibility index (Phi) is 3.01. The van der Waals surface area contributed by atoms with Gasteiger partial charge < -0.3 is 15.8 Å². The molecule has 0 aliphatic heterocycles. The fraction of sp³-hybridized carbons (Fsp3) is 0.909. The lowest BCUT2D eigenvalue weighted by Crippen LogP contribution is -2.64. The zero-order chi connectivity index (χ0) is 11.9. The van der Waals surface area contributed by atoms with Gasteiger partial charge in [-0.25, -0.2) is 4.79 Å². The molecule has 4 nitrogen and oxygen atoms in total. The Morgan fingerprint density at radius 2 is 2.00 bits per heavy atom. The van der Waals surface area contributed by atoms with Gasteiger partial charge in [0.2, 0.25) is 0 Å². The van der Waals surface area contributed by atoms with E-state index < -0.39 is 5.60 Å². The molecule has 0 aromatic heterocycles. The van der Waals surface area contributed by atoms with Crippen molar-refractivity contribution in [3.8, 4) is 0 Å². The minimum atomic E-state index is -0.444. The summed E-state index contributed by atoms with van der Waals surface area (Å²) in [5.41, 5.74) is 5.38. The molecule has 0 radical (unpaired) electrons. The van der Waals surface area contributed by atoms with E-state index in [0.717, 1.165) is 6.42 Å². The van der Waals surface area contributed by atoms with Gasteiger partial charge in [-0.05, 0) is 27.2 Å². The zero-order valence-electron chi connectivity index (χ0n) is 10.3. The topological polar surface area (TPSA) is 64.3 Å². The predicted molar refractivity (Wildman–Crippen MR) is 59.5 cm³/mol. The summed E-state index contributed by atoms with van der Waals surface area (Å²) in [7, 11) is 0. The number of hydrogen-bond acceptors (Lipinski definition) is 3. The number of rotatable bonds is 1. The van der Waals surface area contributed by atoms with Crippen LogP contribution in [-0.4, -0.2) is 23.8 Å². The molecule has 0 unspecified atom stereocenters. The van der Waals surface area contributed by atoms with Crippen LogP contribution in [0.4, 0.5) is 4.79 Å². The Morgan fingerprint density at radius 3 is 2.33 bits per heavy atom. The van der Waals surface area contributed by atoms with E-state index in [0.29, 0.717) is 0 Å². The Morgan fingerprint density at radius 1 is 1.47 bits per heavy atom. The maximum Gasteiger partial charge on any atom is 0.407 e. The van der Waals surface area contributed by atoms with Crippen LogP contribution in [0.5, 0.6) is 0 Å². The number of nitrogens with one attached hydrogen (secondary N) is 1. The molecule has 15 heavy (non-hydrogen) atoms. The van der Waals surface area contributed by atoms with Crippen LogP contribution in [0.15, 0.2) is 0 Å². The monoisotopic (exact) mass is 214 g/mol. The van der Waals surface area contributed by atoms with Crippen molar-refractivity contribution in [2.24, 2.45) is 11.1 Å². The zero-order valence-corrected chi connectivity index (χ0v) is 10.3. The number of carbonyl (C=O) groups is 1. The first-order chi connectivity index (χ1) is 6.63. The maximum absolute atomic E-state index is 11.5. The van der Waals surface area contributed by atoms with Crippen molar-refractivity contribution < 1.29 is 9.53 Å². The molecule has 3 N–H and O–H groups in total. The average molecular weight is 214 g/mol. The van der Waals surface area contributed by atoms with E-state index in [-0.39, 0.29) is 23.6 Å². The van der Waals surface area contributed by atoms with Gasteiger partial charge in [-0.1, -0.05) is 13.8 Å². The fourth-order valence-corrected chi connectivity index (χ4v) is 1.65. The Labute approximate surface area is 91.5 Å². The molecule has 0 spiro atoms. The van der Waals surface area contributed by atoms with Crippen molar-refractivity contribution in [3.63, 3.8) is 0 Å². The van der Waals surface area contributed by atoms with E-state index in [9.17, 15) is 4.79 Å². The highest BCUT2D eigenvalue weighted by Gasteiger charge is 2.47. The third kappa shape index (κ3) is 2.84. The minimum Gasteiger partial charge on any atom is -0.444 e. The van der Waals surface area contributed by atoms with E-state index in [2.05, 4.69) is 19.2 Å². The number of amides is 1. The second kappa shape index (κ2) is 3.67. The van der Waals surface area contributed by atoms with Gasteiger partial charge in [0, 0.05) is 17.5 Å². The summed E-state index contributed by atoms with van der Waals surface area (Å²) in [6.07, 6.45) is 0.471. The lowest BCUT2D eigenvalue weighted by molar-refractivity contribution is 0.0256. The first-order valence-electron chi connectivity index (χ1n) is 5.38. The van der Waals surface area contributed by atoms with Crippen LogP contribution >= 0.6 is 0 Å². The van der Waals surface area contributed by atoms with E-state index >= 15 is 0 Å². The Balaban J connectivity index is 2.41. The molecule has 0 aromatic rings. The molecule has 1 aliphatic carbocycles. The summed E-state index contributed by atoms with van der Waals surface area (Å²) in [6, 6.07) is 0.291. The standard InChI is InChI=1S/C11H22N2O2/c1-10(2,3)15-9(14)13-8-6-7(12)11(8,4)5/h7-8H,6,12H2,1-5H3,(H,13,14)/t7-,8+/m1/s1. The molecule has 0 aromatic carbocycles. The smallest absolute Gasteiger partial charge is 0.407 e. The van der Waals surface area contributed by atoms with Crippen molar-refractivity contribution in [2.75, 3.05) is 0 Å². The van der Waals surface area contributed by atoms with Crippen molar-refractivity contribution in [2.45, 2.75) is 58.7 Å². The predicted octanol–water partition coefficient (Wildman–Crippen LogP) is 1.64. The minimum absolute atomic E-state index is 0.0308. The fourth-order valence-electron chi connectivity index (χ4n) is 1.65. The lowest BCUT2D eigenvalue weighted by Gasteiger charge is -2.50. The molecule has 1 aliphatic rings. The van der Waals surface area contributed by atoms with Crippen molar-refractivity contribution >= 4 is 6.09 Å². The number of alkyl carbamates (subject to hydrolysis) is 1. The van der Waals surface area contributed by atoms with Crippen LogP contribution in [0, 0.1) is 5.41 Å². The largest absolute Gasteiger partial charge is 0.444 e. The van der Waals surface area contributed by atoms with E-state index in [4.69, 9.17) is 10.5 Å². The quantitative estimate of drug-likeness (QED) is 0.697. The van der Waals surface area contributed by atoms with Gasteiger partial charge in [-0.2, -0.15) is 0 Å². The summed E-state index contributed by atoms with van der Waals surface area (Å²) < 4.78 is 5.18. The molecule has 1 saturated carbocycles. The Hall–Kier alpha value is -0.770. The normalized spacial score (nSPS) is 29.2. The molecule has 0 saturated heterocycles. The summed E-state index contributed by atoms with van der Waals surface area (Å²) in [4.78, 5) is 11.5. The second-order valence-corrected chi connectivity index (χ2v) is 5.86. The third-order valence-electron chi connectivity index (χ3n) is 3.03. The summed E-state index contributed by atoms with van der Waals surface area (Å²) in [5.74, 6) is 0. The van der Waals surface area contributed by atoms with Gasteiger partial charge in [-0.3, -0.25) is 0 Å².